The van der Waals surface area contributed by atoms with Gasteiger partial charge in [0.15, 0.2) is 0 Å². The predicted molar refractivity (Wildman–Crippen MR) is 125 cm³/mol. The van der Waals surface area contributed by atoms with Gasteiger partial charge in [-0.3, -0.25) is 4.79 Å². The zero-order chi connectivity index (χ0) is 22.5. The number of nitrogens with zero attached hydrogens (tertiary/aromatic N) is 2. The number of morpholine rings is 1. The minimum atomic E-state index is -0.536. The highest BCUT2D eigenvalue weighted by molar-refractivity contribution is 6.33. The fourth-order valence-electron chi connectivity index (χ4n) is 4.29. The van der Waals surface area contributed by atoms with Crippen LogP contribution < -0.4 is 16.0 Å². The second-order valence-corrected chi connectivity index (χ2v) is 8.89. The fraction of sp³-hybridized carbons (Fsp3) is 0.522. The molecule has 0 saturated carbocycles. The van der Waals surface area contributed by atoms with Crippen LogP contribution >= 0.6 is 11.6 Å². The van der Waals surface area contributed by atoms with Crippen LogP contribution in [0.25, 0.3) is 11.3 Å². The molecule has 2 fully saturated rings. The monoisotopic (exact) mass is 459 g/mol. The second kappa shape index (κ2) is 10.6. The molecule has 172 valence electrons. The summed E-state index contributed by atoms with van der Waals surface area (Å²) >= 11 is 6.42. The molecule has 0 spiro atoms. The molecule has 1 unspecified atom stereocenters. The summed E-state index contributed by atoms with van der Waals surface area (Å²) in [6, 6.07) is 7.52. The Hall–Kier alpha value is -2.26. The van der Waals surface area contributed by atoms with Gasteiger partial charge in [0.1, 0.15) is 17.7 Å². The van der Waals surface area contributed by atoms with Gasteiger partial charge in [0.05, 0.1) is 29.5 Å². The molecule has 32 heavy (non-hydrogen) atoms. The van der Waals surface area contributed by atoms with Crippen LogP contribution in [0.5, 0.6) is 0 Å². The lowest BCUT2D eigenvalue weighted by molar-refractivity contribution is -0.128. The van der Waals surface area contributed by atoms with Gasteiger partial charge in [-0.1, -0.05) is 17.7 Å². The van der Waals surface area contributed by atoms with Crippen LogP contribution in [0.1, 0.15) is 26.7 Å². The second-order valence-electron chi connectivity index (χ2n) is 8.49. The van der Waals surface area contributed by atoms with E-state index in [-0.39, 0.29) is 18.1 Å². The summed E-state index contributed by atoms with van der Waals surface area (Å²) in [4.78, 5) is 21.4. The Morgan fingerprint density at radius 2 is 2.06 bits per heavy atom. The first-order chi connectivity index (χ1) is 15.5. The molecule has 0 radical (unpaired) electrons. The smallest absolute Gasteiger partial charge is 0.255 e. The van der Waals surface area contributed by atoms with Crippen molar-refractivity contribution >= 4 is 29.1 Å². The number of rotatable bonds is 6. The van der Waals surface area contributed by atoms with Gasteiger partial charge < -0.3 is 25.4 Å². The van der Waals surface area contributed by atoms with E-state index in [9.17, 15) is 4.79 Å². The van der Waals surface area contributed by atoms with E-state index in [1.54, 1.807) is 6.07 Å². The number of pyridine rings is 2. The summed E-state index contributed by atoms with van der Waals surface area (Å²) < 4.78 is 11.3. The van der Waals surface area contributed by atoms with Crippen molar-refractivity contribution in [3.05, 3.63) is 35.5 Å². The molecule has 2 aliphatic rings. The van der Waals surface area contributed by atoms with Crippen molar-refractivity contribution in [2.75, 3.05) is 36.9 Å². The lowest BCUT2D eigenvalue weighted by atomic mass is 9.92. The molecule has 0 bridgehead atoms. The summed E-state index contributed by atoms with van der Waals surface area (Å²) in [7, 11) is 0. The number of amides is 1. The maximum atomic E-state index is 12.5. The van der Waals surface area contributed by atoms with Crippen LogP contribution in [0.15, 0.2) is 30.5 Å². The highest BCUT2D eigenvalue weighted by Crippen LogP contribution is 2.29. The molecule has 1 amide bonds. The van der Waals surface area contributed by atoms with Crippen molar-refractivity contribution in [3.8, 4) is 11.3 Å². The van der Waals surface area contributed by atoms with E-state index in [1.165, 1.54) is 6.20 Å². The van der Waals surface area contributed by atoms with E-state index < -0.39 is 6.10 Å². The molecule has 4 rings (SSSR count). The molecule has 2 aromatic heterocycles. The molecule has 4 heterocycles. The van der Waals surface area contributed by atoms with Crippen LogP contribution in [0.3, 0.4) is 0 Å². The molecule has 8 nitrogen and oxygen atoms in total. The Labute approximate surface area is 193 Å². The van der Waals surface area contributed by atoms with Gasteiger partial charge in [-0.05, 0) is 50.8 Å². The number of hydrogen-bond acceptors (Lipinski definition) is 7. The first-order valence-corrected chi connectivity index (χ1v) is 11.5. The lowest BCUT2D eigenvalue weighted by Gasteiger charge is -2.32. The third kappa shape index (κ3) is 5.95. The summed E-state index contributed by atoms with van der Waals surface area (Å²) in [5.74, 6) is 1.51. The minimum Gasteiger partial charge on any atom is -0.376 e. The van der Waals surface area contributed by atoms with Gasteiger partial charge >= 0.3 is 0 Å². The van der Waals surface area contributed by atoms with E-state index in [2.05, 4.69) is 34.8 Å². The third-order valence-electron chi connectivity index (χ3n) is 5.72. The van der Waals surface area contributed by atoms with Crippen molar-refractivity contribution in [1.82, 2.24) is 15.3 Å². The average molecular weight is 460 g/mol. The number of anilines is 2. The molecule has 4 atom stereocenters. The Kier molecular flexibility index (Phi) is 7.57. The first-order valence-electron chi connectivity index (χ1n) is 11.1. The van der Waals surface area contributed by atoms with Crippen molar-refractivity contribution in [1.29, 1.82) is 0 Å². The van der Waals surface area contributed by atoms with Gasteiger partial charge in [-0.15, -0.1) is 0 Å². The maximum Gasteiger partial charge on any atom is 0.255 e. The van der Waals surface area contributed by atoms with Gasteiger partial charge in [-0.2, -0.15) is 0 Å². The highest BCUT2D eigenvalue weighted by Gasteiger charge is 2.24. The molecule has 0 aliphatic carbocycles. The summed E-state index contributed by atoms with van der Waals surface area (Å²) in [5, 5.41) is 9.88. The summed E-state index contributed by atoms with van der Waals surface area (Å²) in [5.41, 5.74) is 1.42. The predicted octanol–water partition coefficient (Wildman–Crippen LogP) is 3.34. The largest absolute Gasteiger partial charge is 0.376 e. The first kappa shape index (κ1) is 22.9. The van der Waals surface area contributed by atoms with Crippen LogP contribution in [-0.4, -0.2) is 60.4 Å². The standard InChI is InChI=1S/C23H30ClN5O3/c1-14-8-16(9-15(2)32-14)11-26-21-5-3-4-19(28-21)17-10-22(27-12-18(17)24)29-23(30)20-13-25-6-7-31-20/h3-5,10,12,14-16,20,25H,6-9,11,13H2,1-2H3,(H,26,28)(H,27,29,30)/t14-,15+,16?,20-/m1/s1. The Bertz CT molecular complexity index is 928. The number of nitrogens with one attached hydrogen (secondary N) is 3. The number of carbonyl (C=O) groups is 1. The fourth-order valence-corrected chi connectivity index (χ4v) is 4.49. The molecule has 3 N–H and O–H groups in total. The normalized spacial score (nSPS) is 25.8. The van der Waals surface area contributed by atoms with Crippen LogP contribution in [-0.2, 0) is 14.3 Å². The van der Waals surface area contributed by atoms with Crippen molar-refractivity contribution in [3.63, 3.8) is 0 Å². The zero-order valence-electron chi connectivity index (χ0n) is 18.4. The number of ether oxygens (including phenoxy) is 2. The van der Waals surface area contributed by atoms with Gasteiger partial charge in [0.2, 0.25) is 0 Å². The lowest BCUT2D eigenvalue weighted by Crippen LogP contribution is -2.45. The van der Waals surface area contributed by atoms with E-state index in [0.717, 1.165) is 31.7 Å². The van der Waals surface area contributed by atoms with E-state index in [1.807, 2.05) is 18.2 Å². The number of halogens is 1. The van der Waals surface area contributed by atoms with Gasteiger partial charge in [0, 0.05) is 31.4 Å². The molecular weight excluding hydrogens is 430 g/mol. The molecule has 2 aliphatic heterocycles. The highest BCUT2D eigenvalue weighted by atomic mass is 35.5. The maximum absolute atomic E-state index is 12.5. The molecule has 0 aromatic carbocycles. The van der Waals surface area contributed by atoms with Crippen LogP contribution in [0.2, 0.25) is 5.02 Å². The molecule has 2 saturated heterocycles. The van der Waals surface area contributed by atoms with Gasteiger partial charge in [-0.25, -0.2) is 9.97 Å². The van der Waals surface area contributed by atoms with Crippen molar-refractivity contribution < 1.29 is 14.3 Å². The average Bonchev–Trinajstić information content (AvgIpc) is 2.79. The topological polar surface area (TPSA) is 97.4 Å². The number of aromatic nitrogens is 2. The molecule has 9 heteroatoms. The Balaban J connectivity index is 1.43. The van der Waals surface area contributed by atoms with Crippen LogP contribution in [0, 0.1) is 5.92 Å². The SMILES string of the molecule is C[C@@H]1CC(CNc2cccc(-c3cc(NC(=O)[C@H]4CNCCO4)ncc3Cl)n2)C[C@H](C)O1. The van der Waals surface area contributed by atoms with Crippen LogP contribution in [0.4, 0.5) is 11.6 Å². The summed E-state index contributed by atoms with van der Waals surface area (Å²) in [6.45, 7) is 6.82. The quantitative estimate of drug-likeness (QED) is 0.609. The van der Waals surface area contributed by atoms with Crippen molar-refractivity contribution in [2.24, 2.45) is 5.92 Å². The van der Waals surface area contributed by atoms with E-state index >= 15 is 0 Å². The number of carbonyl (C=O) groups excluding carboxylic acids is 1. The van der Waals surface area contributed by atoms with E-state index in [4.69, 9.17) is 26.1 Å². The minimum absolute atomic E-state index is 0.235. The Morgan fingerprint density at radius 3 is 2.81 bits per heavy atom. The van der Waals surface area contributed by atoms with E-state index in [0.29, 0.717) is 41.2 Å². The number of hydrogen-bond donors (Lipinski definition) is 3. The van der Waals surface area contributed by atoms with Crippen molar-refractivity contribution in [2.45, 2.75) is 45.0 Å². The molecule has 2 aromatic rings. The van der Waals surface area contributed by atoms with Gasteiger partial charge in [0.25, 0.3) is 5.91 Å². The third-order valence-corrected chi connectivity index (χ3v) is 6.02. The summed E-state index contributed by atoms with van der Waals surface area (Å²) in [6.07, 6.45) is 3.63. The zero-order valence-corrected chi connectivity index (χ0v) is 19.2. The Morgan fingerprint density at radius 1 is 1.25 bits per heavy atom. The molecular formula is C23H30ClN5O3.